The molecule has 1 N–H and O–H groups in total. The number of carbonyl (C=O) groups is 1. The van der Waals surface area contributed by atoms with Gasteiger partial charge in [-0.05, 0) is 37.4 Å². The minimum Gasteiger partial charge on any atom is -0.486 e. The molecule has 4 aromatic rings. The first kappa shape index (κ1) is 26.5. The van der Waals surface area contributed by atoms with Crippen LogP contribution in [0.2, 0.25) is 0 Å². The molecular formula is C26H24Br2N6O3. The van der Waals surface area contributed by atoms with Crippen LogP contribution in [0.5, 0.6) is 11.5 Å². The van der Waals surface area contributed by atoms with E-state index in [1.807, 2.05) is 43.4 Å². The molecule has 0 radical (unpaired) electrons. The van der Waals surface area contributed by atoms with Crippen LogP contribution in [0, 0.1) is 0 Å². The molecule has 11 heteroatoms. The van der Waals surface area contributed by atoms with Gasteiger partial charge in [0, 0.05) is 19.7 Å². The van der Waals surface area contributed by atoms with Crippen LogP contribution in [0.4, 0.5) is 11.6 Å². The van der Waals surface area contributed by atoms with E-state index >= 15 is 0 Å². The topological polar surface area (TPSA) is 102 Å². The molecule has 0 aliphatic carbocycles. The van der Waals surface area contributed by atoms with Crippen LogP contribution in [0.1, 0.15) is 22.0 Å². The molecule has 0 saturated carbocycles. The normalized spacial score (nSPS) is 13.9. The Hall–Kier alpha value is -3.57. The standard InChI is InChI=1S/C13H12BrN3O2.C13H12BrN3O/c1-15-12-11(7-16-13(14)17-12)19-8-10(18)9-5-3-2-4-6-9;1-17-10(9-5-3-2-4-6-9)8-18-11-7-15-13(14)16-12(11)17/h2-7H,8H2,1H3,(H,15,16,17);2-7,10H,8H2,1H3. The van der Waals surface area contributed by atoms with Crippen molar-refractivity contribution in [1.29, 1.82) is 0 Å². The van der Waals surface area contributed by atoms with Gasteiger partial charge in [-0.25, -0.2) is 19.9 Å². The van der Waals surface area contributed by atoms with Gasteiger partial charge in [-0.2, -0.15) is 0 Å². The molecule has 9 nitrogen and oxygen atoms in total. The average Bonchev–Trinajstić information content (AvgIpc) is 2.94. The first-order valence-electron chi connectivity index (χ1n) is 11.3. The smallest absolute Gasteiger partial charge is 0.200 e. The van der Waals surface area contributed by atoms with Gasteiger partial charge in [0.25, 0.3) is 0 Å². The molecule has 0 spiro atoms. The number of benzene rings is 2. The zero-order valence-corrected chi connectivity index (χ0v) is 23.3. The predicted molar refractivity (Wildman–Crippen MR) is 148 cm³/mol. The Morgan fingerprint density at radius 1 is 1.03 bits per heavy atom. The van der Waals surface area contributed by atoms with Crippen molar-refractivity contribution in [2.24, 2.45) is 0 Å². The van der Waals surface area contributed by atoms with Crippen LogP contribution in [-0.2, 0) is 0 Å². The van der Waals surface area contributed by atoms with E-state index < -0.39 is 0 Å². The maximum atomic E-state index is 11.9. The summed E-state index contributed by atoms with van der Waals surface area (Å²) in [5, 5.41) is 2.88. The van der Waals surface area contributed by atoms with Crippen molar-refractivity contribution in [3.05, 3.63) is 93.7 Å². The van der Waals surface area contributed by atoms with Crippen molar-refractivity contribution in [1.82, 2.24) is 19.9 Å². The molecule has 190 valence electrons. The lowest BCUT2D eigenvalue weighted by atomic mass is 10.1. The van der Waals surface area contributed by atoms with Crippen LogP contribution < -0.4 is 19.7 Å². The van der Waals surface area contributed by atoms with E-state index in [2.05, 4.69) is 74.1 Å². The minimum absolute atomic E-state index is 0.0519. The second kappa shape index (κ2) is 12.6. The summed E-state index contributed by atoms with van der Waals surface area (Å²) in [6.07, 6.45) is 3.21. The van der Waals surface area contributed by atoms with E-state index in [9.17, 15) is 4.79 Å². The Morgan fingerprint density at radius 2 is 1.68 bits per heavy atom. The fourth-order valence-corrected chi connectivity index (χ4v) is 4.15. The van der Waals surface area contributed by atoms with Crippen LogP contribution >= 0.6 is 31.9 Å². The van der Waals surface area contributed by atoms with Crippen molar-refractivity contribution in [2.45, 2.75) is 6.04 Å². The van der Waals surface area contributed by atoms with Crippen molar-refractivity contribution in [3.63, 3.8) is 0 Å². The van der Waals surface area contributed by atoms with Gasteiger partial charge < -0.3 is 19.7 Å². The summed E-state index contributed by atoms with van der Waals surface area (Å²) in [4.78, 5) is 30.5. The number of hydrogen-bond donors (Lipinski definition) is 1. The third kappa shape index (κ3) is 6.80. The monoisotopic (exact) mass is 626 g/mol. The van der Waals surface area contributed by atoms with E-state index in [1.54, 1.807) is 25.4 Å². The Bertz CT molecular complexity index is 1340. The number of fused-ring (bicyclic) bond motifs is 1. The number of anilines is 2. The van der Waals surface area contributed by atoms with Crippen molar-refractivity contribution < 1.29 is 14.3 Å². The van der Waals surface area contributed by atoms with Crippen LogP contribution in [0.3, 0.4) is 0 Å². The number of ketones is 1. The average molecular weight is 628 g/mol. The second-order valence-electron chi connectivity index (χ2n) is 7.86. The number of halogens is 2. The zero-order valence-electron chi connectivity index (χ0n) is 20.1. The molecule has 0 amide bonds. The molecule has 2 aromatic heterocycles. The molecule has 5 rings (SSSR count). The maximum absolute atomic E-state index is 11.9. The van der Waals surface area contributed by atoms with Gasteiger partial charge in [0.1, 0.15) is 6.61 Å². The summed E-state index contributed by atoms with van der Waals surface area (Å²) in [7, 11) is 3.75. The number of carbonyl (C=O) groups excluding carboxylic acids is 1. The maximum Gasteiger partial charge on any atom is 0.200 e. The van der Waals surface area contributed by atoms with Gasteiger partial charge in [0.2, 0.25) is 0 Å². The number of Topliss-reactive ketones (excluding diaryl/α,β-unsaturated/α-hetero) is 1. The van der Waals surface area contributed by atoms with E-state index in [1.165, 1.54) is 11.8 Å². The first-order chi connectivity index (χ1) is 18.0. The predicted octanol–water partition coefficient (Wildman–Crippen LogP) is 5.35. The van der Waals surface area contributed by atoms with Crippen molar-refractivity contribution in [2.75, 3.05) is 37.5 Å². The summed E-state index contributed by atoms with van der Waals surface area (Å²) in [5.41, 5.74) is 1.84. The highest BCUT2D eigenvalue weighted by molar-refractivity contribution is 9.10. The van der Waals surface area contributed by atoms with Gasteiger partial charge in [-0.1, -0.05) is 60.7 Å². The Morgan fingerprint density at radius 3 is 2.38 bits per heavy atom. The number of nitrogens with zero attached hydrogens (tertiary/aromatic N) is 5. The number of rotatable bonds is 6. The van der Waals surface area contributed by atoms with Gasteiger partial charge >= 0.3 is 0 Å². The summed E-state index contributed by atoms with van der Waals surface area (Å²) in [6.45, 7) is 0.558. The second-order valence-corrected chi connectivity index (χ2v) is 9.27. The van der Waals surface area contributed by atoms with Crippen molar-refractivity contribution >= 4 is 49.3 Å². The molecule has 3 heterocycles. The lowest BCUT2D eigenvalue weighted by Gasteiger charge is -2.34. The van der Waals surface area contributed by atoms with E-state index in [4.69, 9.17) is 9.47 Å². The van der Waals surface area contributed by atoms with Crippen LogP contribution in [-0.4, -0.2) is 53.0 Å². The molecule has 2 aromatic carbocycles. The highest BCUT2D eigenvalue weighted by atomic mass is 79.9. The molecule has 1 aliphatic rings. The number of likely N-dealkylation sites (N-methyl/N-ethyl adjacent to an activating group) is 1. The number of hydrogen-bond acceptors (Lipinski definition) is 9. The van der Waals surface area contributed by atoms with Crippen LogP contribution in [0.25, 0.3) is 0 Å². The number of nitrogens with one attached hydrogen (secondary N) is 1. The van der Waals surface area contributed by atoms with E-state index in [-0.39, 0.29) is 18.4 Å². The molecule has 0 bridgehead atoms. The molecule has 1 unspecified atom stereocenters. The molecule has 0 saturated heterocycles. The first-order valence-corrected chi connectivity index (χ1v) is 12.9. The molecule has 1 aliphatic heterocycles. The van der Waals surface area contributed by atoms with Gasteiger partial charge in [0.05, 0.1) is 18.4 Å². The highest BCUT2D eigenvalue weighted by Gasteiger charge is 2.27. The number of aromatic nitrogens is 4. The molecular weight excluding hydrogens is 604 g/mol. The molecule has 0 fully saturated rings. The van der Waals surface area contributed by atoms with Gasteiger partial charge in [0.15, 0.2) is 45.0 Å². The largest absolute Gasteiger partial charge is 0.486 e. The SMILES string of the molecule is CN1c2nc(Br)ncc2OCC1c1ccccc1.CNc1nc(Br)ncc1OCC(=O)c1ccccc1. The van der Waals surface area contributed by atoms with Gasteiger partial charge in [-0.3, -0.25) is 4.79 Å². The molecule has 37 heavy (non-hydrogen) atoms. The lowest BCUT2D eigenvalue weighted by molar-refractivity contribution is 0.0921. The Kier molecular flexibility index (Phi) is 9.02. The summed E-state index contributed by atoms with van der Waals surface area (Å²) >= 11 is 6.46. The lowest BCUT2D eigenvalue weighted by Crippen LogP contribution is -2.34. The third-order valence-corrected chi connectivity index (χ3v) is 6.27. The third-order valence-electron chi connectivity index (χ3n) is 5.51. The van der Waals surface area contributed by atoms with E-state index in [0.29, 0.717) is 33.2 Å². The summed E-state index contributed by atoms with van der Waals surface area (Å²) < 4.78 is 12.2. The minimum atomic E-state index is -0.0921. The van der Waals surface area contributed by atoms with Crippen molar-refractivity contribution in [3.8, 4) is 11.5 Å². The Balaban J connectivity index is 0.000000173. The van der Waals surface area contributed by atoms with Gasteiger partial charge in [-0.15, -0.1) is 0 Å². The fourth-order valence-electron chi connectivity index (χ4n) is 3.60. The summed E-state index contributed by atoms with van der Waals surface area (Å²) in [6, 6.07) is 19.5. The summed E-state index contributed by atoms with van der Waals surface area (Å²) in [5.74, 6) is 2.42. The Labute approximate surface area is 231 Å². The number of ether oxygens (including phenoxy) is 2. The highest BCUT2D eigenvalue weighted by Crippen LogP contribution is 2.36. The quantitative estimate of drug-likeness (QED) is 0.224. The van der Waals surface area contributed by atoms with Crippen LogP contribution in [0.15, 0.2) is 82.5 Å². The fraction of sp³-hybridized carbons (Fsp3) is 0.192. The molecule has 1 atom stereocenters. The zero-order chi connectivity index (χ0) is 26.2. The van der Waals surface area contributed by atoms with E-state index in [0.717, 1.165) is 11.6 Å².